The van der Waals surface area contributed by atoms with Crippen molar-refractivity contribution in [3.8, 4) is 11.4 Å². The van der Waals surface area contributed by atoms with Crippen LogP contribution in [0.3, 0.4) is 0 Å². The van der Waals surface area contributed by atoms with E-state index in [0.717, 1.165) is 5.56 Å². The number of amides is 1. The van der Waals surface area contributed by atoms with Gasteiger partial charge in [-0.05, 0) is 38.3 Å². The molecule has 0 bridgehead atoms. The van der Waals surface area contributed by atoms with Crippen molar-refractivity contribution in [3.63, 3.8) is 0 Å². The second kappa shape index (κ2) is 10.2. The van der Waals surface area contributed by atoms with Gasteiger partial charge in [0.15, 0.2) is 0 Å². The highest BCUT2D eigenvalue weighted by Crippen LogP contribution is 2.27. The lowest BCUT2D eigenvalue weighted by Gasteiger charge is -2.21. The highest BCUT2D eigenvalue weighted by atomic mass is 32.2. The summed E-state index contributed by atoms with van der Waals surface area (Å²) in [4.78, 5) is 21.0. The maximum atomic E-state index is 13.2. The lowest BCUT2D eigenvalue weighted by atomic mass is 9.99. The molecule has 1 aliphatic rings. The molecule has 1 fully saturated rings. The van der Waals surface area contributed by atoms with Crippen molar-refractivity contribution in [1.82, 2.24) is 34.5 Å². The molecule has 1 atom stereocenters. The SMILES string of the molecule is CCn1cc(S(=O)(=O)N2CCCC(c3nc(-c4cccnc4)no3)CCNC(=O)CC2)cn1. The minimum absolute atomic E-state index is 0.0948. The van der Waals surface area contributed by atoms with Gasteiger partial charge in [-0.1, -0.05) is 5.16 Å². The molecule has 11 nitrogen and oxygen atoms in total. The van der Waals surface area contributed by atoms with Crippen molar-refractivity contribution in [2.45, 2.75) is 50.0 Å². The molecule has 1 saturated heterocycles. The van der Waals surface area contributed by atoms with E-state index in [4.69, 9.17) is 4.52 Å². The number of pyridine rings is 1. The quantitative estimate of drug-likeness (QED) is 0.592. The van der Waals surface area contributed by atoms with Gasteiger partial charge in [0.1, 0.15) is 4.90 Å². The molecule has 1 amide bonds. The fraction of sp³-hybridized carbons (Fsp3) is 0.476. The summed E-state index contributed by atoms with van der Waals surface area (Å²) in [6, 6.07) is 3.65. The first-order valence-electron chi connectivity index (χ1n) is 11.0. The van der Waals surface area contributed by atoms with E-state index < -0.39 is 10.0 Å². The third kappa shape index (κ3) is 5.45. The van der Waals surface area contributed by atoms with Crippen LogP contribution in [0.2, 0.25) is 0 Å². The summed E-state index contributed by atoms with van der Waals surface area (Å²) >= 11 is 0. The Balaban J connectivity index is 1.51. The van der Waals surface area contributed by atoms with Gasteiger partial charge in [0.05, 0.1) is 6.20 Å². The van der Waals surface area contributed by atoms with Gasteiger partial charge in [0, 0.05) is 62.7 Å². The van der Waals surface area contributed by atoms with Crippen molar-refractivity contribution in [2.24, 2.45) is 0 Å². The molecule has 1 N–H and O–H groups in total. The second-order valence-corrected chi connectivity index (χ2v) is 9.80. The van der Waals surface area contributed by atoms with Crippen molar-refractivity contribution in [3.05, 3.63) is 42.8 Å². The van der Waals surface area contributed by atoms with Crippen LogP contribution in [0.15, 0.2) is 46.3 Å². The molecule has 4 rings (SSSR count). The zero-order valence-electron chi connectivity index (χ0n) is 18.4. The van der Waals surface area contributed by atoms with E-state index in [0.29, 0.717) is 44.1 Å². The van der Waals surface area contributed by atoms with Gasteiger partial charge in [-0.3, -0.25) is 14.5 Å². The Kier molecular flexibility index (Phi) is 7.14. The van der Waals surface area contributed by atoms with E-state index in [2.05, 4.69) is 25.5 Å². The summed E-state index contributed by atoms with van der Waals surface area (Å²) in [7, 11) is -3.76. The number of carbonyl (C=O) groups excluding carboxylic acids is 1. The number of hydrogen-bond acceptors (Lipinski definition) is 8. The summed E-state index contributed by atoms with van der Waals surface area (Å²) in [5.74, 6) is 0.630. The zero-order chi connectivity index (χ0) is 23.3. The molecule has 4 heterocycles. The van der Waals surface area contributed by atoms with Crippen LogP contribution < -0.4 is 5.32 Å². The fourth-order valence-electron chi connectivity index (χ4n) is 3.77. The molecule has 1 unspecified atom stereocenters. The first kappa shape index (κ1) is 23.1. The van der Waals surface area contributed by atoms with Gasteiger partial charge in [-0.15, -0.1) is 0 Å². The van der Waals surface area contributed by atoms with E-state index in [-0.39, 0.29) is 36.2 Å². The standard InChI is InChI=1S/C21H27N7O4S/c1-2-27-15-18(14-24-27)33(30,31)28-11-4-6-16(7-10-23-19(29)8-12-28)21-25-20(26-32-21)17-5-3-9-22-13-17/h3,5,9,13-16H,2,4,6-8,10-12H2,1H3,(H,23,29). The molecule has 3 aromatic rings. The van der Waals surface area contributed by atoms with E-state index in [9.17, 15) is 13.2 Å². The maximum absolute atomic E-state index is 13.2. The van der Waals surface area contributed by atoms with E-state index in [1.54, 1.807) is 23.1 Å². The van der Waals surface area contributed by atoms with Gasteiger partial charge in [-0.25, -0.2) is 8.42 Å². The number of hydrogen-bond donors (Lipinski definition) is 1. The van der Waals surface area contributed by atoms with Crippen LogP contribution in [-0.4, -0.2) is 63.2 Å². The monoisotopic (exact) mass is 473 g/mol. The Morgan fingerprint density at radius 3 is 2.88 bits per heavy atom. The topological polar surface area (TPSA) is 136 Å². The van der Waals surface area contributed by atoms with Crippen molar-refractivity contribution >= 4 is 15.9 Å². The number of carbonyl (C=O) groups is 1. The smallest absolute Gasteiger partial charge is 0.246 e. The molecule has 12 heteroatoms. The van der Waals surface area contributed by atoms with E-state index in [1.165, 1.54) is 16.7 Å². The summed E-state index contributed by atoms with van der Waals surface area (Å²) in [6.07, 6.45) is 8.15. The maximum Gasteiger partial charge on any atom is 0.246 e. The number of aryl methyl sites for hydroxylation is 1. The largest absolute Gasteiger partial charge is 0.356 e. The Morgan fingerprint density at radius 1 is 1.24 bits per heavy atom. The molecule has 3 aromatic heterocycles. The molecule has 0 aliphatic carbocycles. The lowest BCUT2D eigenvalue weighted by molar-refractivity contribution is -0.121. The van der Waals surface area contributed by atoms with E-state index in [1.807, 2.05) is 13.0 Å². The molecule has 0 radical (unpaired) electrons. The number of nitrogens with one attached hydrogen (secondary N) is 1. The van der Waals surface area contributed by atoms with Crippen LogP contribution in [0.25, 0.3) is 11.4 Å². The van der Waals surface area contributed by atoms with Gasteiger partial charge in [0.25, 0.3) is 0 Å². The van der Waals surface area contributed by atoms with Gasteiger partial charge < -0.3 is 9.84 Å². The summed E-state index contributed by atoms with van der Waals surface area (Å²) in [5.41, 5.74) is 0.752. The zero-order valence-corrected chi connectivity index (χ0v) is 19.2. The number of rotatable bonds is 5. The van der Waals surface area contributed by atoms with Gasteiger partial charge >= 0.3 is 0 Å². The van der Waals surface area contributed by atoms with Gasteiger partial charge in [-0.2, -0.15) is 14.4 Å². The van der Waals surface area contributed by atoms with Crippen molar-refractivity contribution in [2.75, 3.05) is 19.6 Å². The molecule has 1 aliphatic heterocycles. The molecule has 0 aromatic carbocycles. The summed E-state index contributed by atoms with van der Waals surface area (Å²) in [6.45, 7) is 3.31. The highest BCUT2D eigenvalue weighted by molar-refractivity contribution is 7.89. The Morgan fingerprint density at radius 2 is 2.12 bits per heavy atom. The van der Waals surface area contributed by atoms with Crippen LogP contribution in [0, 0.1) is 0 Å². The molecule has 176 valence electrons. The Labute approximate surface area is 192 Å². The van der Waals surface area contributed by atoms with Crippen molar-refractivity contribution in [1.29, 1.82) is 0 Å². The molecule has 33 heavy (non-hydrogen) atoms. The van der Waals surface area contributed by atoms with Crippen LogP contribution in [-0.2, 0) is 21.4 Å². The minimum Gasteiger partial charge on any atom is -0.356 e. The number of nitrogens with zero attached hydrogens (tertiary/aromatic N) is 6. The third-order valence-corrected chi connectivity index (χ3v) is 7.50. The predicted octanol–water partition coefficient (Wildman–Crippen LogP) is 1.81. The average Bonchev–Trinajstić information content (AvgIpc) is 3.50. The molecule has 0 saturated carbocycles. The van der Waals surface area contributed by atoms with Crippen LogP contribution in [0.1, 0.15) is 44.4 Å². The molecule has 0 spiro atoms. The first-order chi connectivity index (χ1) is 16.0. The van der Waals surface area contributed by atoms with Crippen LogP contribution >= 0.6 is 0 Å². The molecular weight excluding hydrogens is 446 g/mol. The second-order valence-electron chi connectivity index (χ2n) is 7.86. The first-order valence-corrected chi connectivity index (χ1v) is 12.4. The fourth-order valence-corrected chi connectivity index (χ4v) is 5.21. The predicted molar refractivity (Wildman–Crippen MR) is 118 cm³/mol. The van der Waals surface area contributed by atoms with E-state index >= 15 is 0 Å². The Hall–Kier alpha value is -3.12. The van der Waals surface area contributed by atoms with Crippen LogP contribution in [0.5, 0.6) is 0 Å². The molecular formula is C21H27N7O4S. The minimum atomic E-state index is -3.76. The summed E-state index contributed by atoms with van der Waals surface area (Å²) in [5, 5.41) is 11.0. The van der Waals surface area contributed by atoms with Crippen molar-refractivity contribution < 1.29 is 17.7 Å². The normalized spacial score (nSPS) is 19.1. The van der Waals surface area contributed by atoms with Gasteiger partial charge in [0.2, 0.25) is 27.6 Å². The van der Waals surface area contributed by atoms with Crippen LogP contribution in [0.4, 0.5) is 0 Å². The highest BCUT2D eigenvalue weighted by Gasteiger charge is 2.28. The average molecular weight is 474 g/mol. The number of sulfonamides is 1. The lowest BCUT2D eigenvalue weighted by Crippen LogP contribution is -2.35. The third-order valence-electron chi connectivity index (χ3n) is 5.65. The Bertz CT molecular complexity index is 1180. The summed E-state index contributed by atoms with van der Waals surface area (Å²) < 4.78 is 34.8. The number of aromatic nitrogens is 5.